The number of benzene rings is 3. The fraction of sp³-hybridized carbons (Fsp3) is 0.130. The van der Waals surface area contributed by atoms with Crippen LogP contribution in [0.25, 0.3) is 11.1 Å². The van der Waals surface area contributed by atoms with Crippen molar-refractivity contribution in [2.75, 3.05) is 6.61 Å². The number of carbonyl (C=O) groups is 2. The van der Waals surface area contributed by atoms with E-state index in [1.54, 1.807) is 13.0 Å². The molecule has 0 aliphatic heterocycles. The van der Waals surface area contributed by atoms with E-state index in [0.717, 1.165) is 17.5 Å². The first kappa shape index (κ1) is 18.6. The van der Waals surface area contributed by atoms with Gasteiger partial charge >= 0.3 is 5.97 Å². The number of ketones is 1. The first-order chi connectivity index (χ1) is 13.9. The maximum Gasteiger partial charge on any atom is 0.338 e. The van der Waals surface area contributed by atoms with Gasteiger partial charge in [-0.25, -0.2) is 4.79 Å². The summed E-state index contributed by atoms with van der Waals surface area (Å²) in [5.74, 6) is -0.994. The molecule has 6 heteroatoms. The highest BCUT2D eigenvalue weighted by Crippen LogP contribution is 2.36. The number of nitro groups is 1. The van der Waals surface area contributed by atoms with Crippen LogP contribution >= 0.6 is 0 Å². The van der Waals surface area contributed by atoms with E-state index in [2.05, 4.69) is 6.07 Å². The summed E-state index contributed by atoms with van der Waals surface area (Å²) in [5.41, 5.74) is 5.48. The molecule has 0 spiro atoms. The third kappa shape index (κ3) is 3.52. The van der Waals surface area contributed by atoms with Gasteiger partial charge in [0, 0.05) is 17.2 Å². The first-order valence-electron chi connectivity index (χ1n) is 9.10. The van der Waals surface area contributed by atoms with Crippen LogP contribution in [0.2, 0.25) is 0 Å². The molecule has 0 bridgehead atoms. The Balaban J connectivity index is 1.47. The number of hydrogen-bond acceptors (Lipinski definition) is 5. The number of nitro benzene ring substituents is 1. The van der Waals surface area contributed by atoms with E-state index >= 15 is 0 Å². The van der Waals surface area contributed by atoms with Gasteiger partial charge in [-0.2, -0.15) is 0 Å². The number of Topliss-reactive ketones (excluding diaryl/α,β-unsaturated/α-hetero) is 1. The Morgan fingerprint density at radius 2 is 1.69 bits per heavy atom. The number of nitrogens with zero attached hydrogens (tertiary/aromatic N) is 1. The van der Waals surface area contributed by atoms with Gasteiger partial charge in [0.1, 0.15) is 0 Å². The zero-order chi connectivity index (χ0) is 20.5. The van der Waals surface area contributed by atoms with Crippen molar-refractivity contribution in [3.8, 4) is 11.1 Å². The second-order valence-electron chi connectivity index (χ2n) is 6.96. The SMILES string of the molecule is Cc1cc(C(=O)OCC(=O)c2ccc3c(c2)-c2ccccc2C3)ccc1[N+](=O)[O-]. The van der Waals surface area contributed by atoms with Crippen LogP contribution in [0, 0.1) is 17.0 Å². The van der Waals surface area contributed by atoms with E-state index in [1.165, 1.54) is 29.3 Å². The maximum atomic E-state index is 12.5. The molecule has 6 nitrogen and oxygen atoms in total. The van der Waals surface area contributed by atoms with E-state index in [-0.39, 0.29) is 17.0 Å². The van der Waals surface area contributed by atoms with E-state index in [9.17, 15) is 19.7 Å². The fourth-order valence-electron chi connectivity index (χ4n) is 3.58. The molecule has 0 heterocycles. The maximum absolute atomic E-state index is 12.5. The molecule has 0 fully saturated rings. The van der Waals surface area contributed by atoms with Gasteiger partial charge < -0.3 is 4.74 Å². The Bertz CT molecular complexity index is 1170. The molecule has 0 saturated heterocycles. The predicted octanol–water partition coefficient (Wildman–Crippen LogP) is 4.51. The van der Waals surface area contributed by atoms with Gasteiger partial charge in [0.05, 0.1) is 10.5 Å². The second kappa shape index (κ2) is 7.31. The summed E-state index contributed by atoms with van der Waals surface area (Å²) in [6.07, 6.45) is 0.842. The van der Waals surface area contributed by atoms with Crippen molar-refractivity contribution < 1.29 is 19.2 Å². The van der Waals surface area contributed by atoms with Gasteiger partial charge in [0.25, 0.3) is 5.69 Å². The molecule has 0 N–H and O–H groups in total. The standard InChI is InChI=1S/C23H17NO5/c1-14-10-18(8-9-21(14)24(27)28)23(26)29-13-22(25)17-7-6-16-11-15-4-2-3-5-19(15)20(16)12-17/h2-10,12H,11,13H2,1H3. The third-order valence-electron chi connectivity index (χ3n) is 5.08. The predicted molar refractivity (Wildman–Crippen MR) is 107 cm³/mol. The normalized spacial score (nSPS) is 11.5. The molecule has 4 rings (SSSR count). The highest BCUT2D eigenvalue weighted by Gasteiger charge is 2.20. The van der Waals surface area contributed by atoms with Crippen LogP contribution in [0.5, 0.6) is 0 Å². The minimum absolute atomic E-state index is 0.0731. The number of esters is 1. The Morgan fingerprint density at radius 3 is 2.45 bits per heavy atom. The van der Waals surface area contributed by atoms with Crippen molar-refractivity contribution in [2.24, 2.45) is 0 Å². The number of rotatable bonds is 5. The van der Waals surface area contributed by atoms with Crippen LogP contribution in [-0.2, 0) is 11.2 Å². The van der Waals surface area contributed by atoms with Crippen LogP contribution in [0.1, 0.15) is 37.4 Å². The molecule has 0 unspecified atom stereocenters. The molecule has 0 saturated carbocycles. The molecule has 1 aliphatic carbocycles. The molecule has 29 heavy (non-hydrogen) atoms. The van der Waals surface area contributed by atoms with Crippen molar-refractivity contribution in [1.29, 1.82) is 0 Å². The molecule has 0 atom stereocenters. The molecule has 1 aliphatic rings. The molecule has 3 aromatic carbocycles. The van der Waals surface area contributed by atoms with Crippen molar-refractivity contribution >= 4 is 17.4 Å². The van der Waals surface area contributed by atoms with E-state index in [4.69, 9.17) is 4.74 Å². The molecule has 0 radical (unpaired) electrons. The number of carbonyl (C=O) groups excluding carboxylic acids is 2. The zero-order valence-electron chi connectivity index (χ0n) is 15.7. The molecular formula is C23H17NO5. The summed E-state index contributed by atoms with van der Waals surface area (Å²) in [7, 11) is 0. The highest BCUT2D eigenvalue weighted by atomic mass is 16.6. The average Bonchev–Trinajstić information content (AvgIpc) is 3.09. The van der Waals surface area contributed by atoms with Crippen molar-refractivity contribution in [2.45, 2.75) is 13.3 Å². The van der Waals surface area contributed by atoms with Crippen LogP contribution in [0.15, 0.2) is 60.7 Å². The molecule has 0 amide bonds. The lowest BCUT2D eigenvalue weighted by Crippen LogP contribution is -2.14. The fourth-order valence-corrected chi connectivity index (χ4v) is 3.58. The molecular weight excluding hydrogens is 370 g/mol. The lowest BCUT2D eigenvalue weighted by molar-refractivity contribution is -0.385. The van der Waals surface area contributed by atoms with Gasteiger partial charge in [0.2, 0.25) is 0 Å². The summed E-state index contributed by atoms with van der Waals surface area (Å²) in [5, 5.41) is 10.9. The van der Waals surface area contributed by atoms with Crippen molar-refractivity contribution in [3.63, 3.8) is 0 Å². The highest BCUT2D eigenvalue weighted by molar-refractivity contribution is 6.00. The van der Waals surface area contributed by atoms with Crippen LogP contribution in [-0.4, -0.2) is 23.3 Å². The minimum Gasteiger partial charge on any atom is -0.454 e. The summed E-state index contributed by atoms with van der Waals surface area (Å²) in [6, 6.07) is 17.6. The van der Waals surface area contributed by atoms with Crippen LogP contribution in [0.3, 0.4) is 0 Å². The Hall–Kier alpha value is -3.80. The summed E-state index contributed by atoms with van der Waals surface area (Å²) >= 11 is 0. The smallest absolute Gasteiger partial charge is 0.338 e. The Labute approximate surface area is 166 Å². The first-order valence-corrected chi connectivity index (χ1v) is 9.10. The molecule has 144 valence electrons. The Kier molecular flexibility index (Phi) is 4.68. The van der Waals surface area contributed by atoms with Gasteiger partial charge in [-0.1, -0.05) is 36.4 Å². The molecule has 0 aromatic heterocycles. The third-order valence-corrected chi connectivity index (χ3v) is 5.08. The Morgan fingerprint density at radius 1 is 0.966 bits per heavy atom. The van der Waals surface area contributed by atoms with Crippen molar-refractivity contribution in [1.82, 2.24) is 0 Å². The van der Waals surface area contributed by atoms with Gasteiger partial charge in [-0.05, 0) is 53.8 Å². The zero-order valence-corrected chi connectivity index (χ0v) is 15.7. The average molecular weight is 387 g/mol. The summed E-state index contributed by atoms with van der Waals surface area (Å²) < 4.78 is 5.13. The summed E-state index contributed by atoms with van der Waals surface area (Å²) in [6.45, 7) is 1.15. The van der Waals surface area contributed by atoms with Crippen LogP contribution in [0.4, 0.5) is 5.69 Å². The number of fused-ring (bicyclic) bond motifs is 3. The van der Waals surface area contributed by atoms with Gasteiger partial charge in [-0.3, -0.25) is 14.9 Å². The van der Waals surface area contributed by atoms with E-state index < -0.39 is 17.5 Å². The quantitative estimate of drug-likeness (QED) is 0.218. The lowest BCUT2D eigenvalue weighted by atomic mass is 10.0. The topological polar surface area (TPSA) is 86.5 Å². The van der Waals surface area contributed by atoms with Crippen molar-refractivity contribution in [3.05, 3.63) is 98.6 Å². The number of hydrogen-bond donors (Lipinski definition) is 0. The van der Waals surface area contributed by atoms with Gasteiger partial charge in [-0.15, -0.1) is 0 Å². The van der Waals surface area contributed by atoms with Crippen LogP contribution < -0.4 is 0 Å². The second-order valence-corrected chi connectivity index (χ2v) is 6.96. The lowest BCUT2D eigenvalue weighted by Gasteiger charge is -2.07. The van der Waals surface area contributed by atoms with E-state index in [0.29, 0.717) is 11.1 Å². The molecule has 3 aromatic rings. The number of ether oxygens (including phenoxy) is 1. The monoisotopic (exact) mass is 387 g/mol. The summed E-state index contributed by atoms with van der Waals surface area (Å²) in [4.78, 5) is 35.1. The van der Waals surface area contributed by atoms with Gasteiger partial charge in [0.15, 0.2) is 12.4 Å². The number of aryl methyl sites for hydroxylation is 1. The largest absolute Gasteiger partial charge is 0.454 e. The minimum atomic E-state index is -0.692. The van der Waals surface area contributed by atoms with E-state index in [1.807, 2.05) is 30.3 Å².